The molecule has 0 spiro atoms. The van der Waals surface area contributed by atoms with E-state index in [1.807, 2.05) is 62.4 Å². The summed E-state index contributed by atoms with van der Waals surface area (Å²) in [6.45, 7) is 4.52. The van der Waals surface area contributed by atoms with Crippen molar-refractivity contribution >= 4 is 32.6 Å². The van der Waals surface area contributed by atoms with E-state index >= 15 is 0 Å². The Morgan fingerprint density at radius 1 is 0.871 bits per heavy atom. The van der Waals surface area contributed by atoms with E-state index in [0.717, 1.165) is 16.3 Å². The van der Waals surface area contributed by atoms with Crippen LogP contribution in [-0.2, 0) is 26.0 Å². The highest BCUT2D eigenvalue weighted by molar-refractivity contribution is 7.90. The van der Waals surface area contributed by atoms with Crippen LogP contribution >= 0.6 is 0 Å². The molecule has 1 atom stereocenters. The average Bonchev–Trinajstić information content (AvgIpc) is 2.78. The molecule has 0 saturated carbocycles. The standard InChI is InChI=1S/C24H26N2O4S/c1-3-26(4-2)24(28)22(16-18-10-6-5-7-11-18)23(27)25-31(29,30)21-15-14-19-12-8-9-13-20(19)17-21/h5-15,17,22H,3-4,16H2,1-2H3,(H,25,27). The van der Waals surface area contributed by atoms with Gasteiger partial charge in [-0.1, -0.05) is 60.7 Å². The number of nitrogens with one attached hydrogen (secondary N) is 1. The van der Waals surface area contributed by atoms with Gasteiger partial charge in [-0.15, -0.1) is 0 Å². The molecule has 31 heavy (non-hydrogen) atoms. The molecule has 0 radical (unpaired) electrons. The maximum Gasteiger partial charge on any atom is 0.264 e. The molecular formula is C24H26N2O4S. The van der Waals surface area contributed by atoms with Gasteiger partial charge in [0, 0.05) is 13.1 Å². The fourth-order valence-electron chi connectivity index (χ4n) is 3.49. The monoisotopic (exact) mass is 438 g/mol. The highest BCUT2D eigenvalue weighted by atomic mass is 32.2. The summed E-state index contributed by atoms with van der Waals surface area (Å²) in [5, 5.41) is 1.64. The van der Waals surface area contributed by atoms with Crippen molar-refractivity contribution in [2.45, 2.75) is 25.2 Å². The molecule has 3 aromatic rings. The third-order valence-corrected chi connectivity index (χ3v) is 6.58. The van der Waals surface area contributed by atoms with Crippen LogP contribution in [0.3, 0.4) is 0 Å². The van der Waals surface area contributed by atoms with E-state index in [-0.39, 0.29) is 17.2 Å². The second-order valence-corrected chi connectivity index (χ2v) is 8.91. The Kier molecular flexibility index (Phi) is 7.07. The van der Waals surface area contributed by atoms with Crippen molar-refractivity contribution in [3.05, 3.63) is 78.4 Å². The summed E-state index contributed by atoms with van der Waals surface area (Å²) < 4.78 is 28.0. The van der Waals surface area contributed by atoms with E-state index in [1.54, 1.807) is 12.1 Å². The molecule has 0 aliphatic heterocycles. The molecule has 0 fully saturated rings. The van der Waals surface area contributed by atoms with Gasteiger partial charge in [0.25, 0.3) is 10.0 Å². The van der Waals surface area contributed by atoms with Crippen molar-refractivity contribution < 1.29 is 18.0 Å². The Labute approximate surface area is 182 Å². The summed E-state index contributed by atoms with van der Waals surface area (Å²) in [4.78, 5) is 27.6. The predicted molar refractivity (Wildman–Crippen MR) is 121 cm³/mol. The lowest BCUT2D eigenvalue weighted by Crippen LogP contribution is -2.46. The van der Waals surface area contributed by atoms with E-state index in [1.165, 1.54) is 17.0 Å². The van der Waals surface area contributed by atoms with Gasteiger partial charge in [0.1, 0.15) is 5.92 Å². The smallest absolute Gasteiger partial charge is 0.264 e. The van der Waals surface area contributed by atoms with E-state index in [4.69, 9.17) is 0 Å². The number of carbonyl (C=O) groups excluding carboxylic acids is 2. The maximum absolute atomic E-state index is 13.0. The molecule has 162 valence electrons. The van der Waals surface area contributed by atoms with Gasteiger partial charge >= 0.3 is 0 Å². The van der Waals surface area contributed by atoms with Crippen LogP contribution in [-0.4, -0.2) is 38.2 Å². The van der Waals surface area contributed by atoms with Crippen molar-refractivity contribution in [2.75, 3.05) is 13.1 Å². The molecule has 2 amide bonds. The quantitative estimate of drug-likeness (QED) is 0.547. The first kappa shape index (κ1) is 22.5. The summed E-state index contributed by atoms with van der Waals surface area (Å²) in [7, 11) is -4.13. The van der Waals surface area contributed by atoms with Gasteiger partial charge < -0.3 is 4.90 Å². The van der Waals surface area contributed by atoms with Gasteiger partial charge in [-0.05, 0) is 48.7 Å². The van der Waals surface area contributed by atoms with Crippen LogP contribution in [0.15, 0.2) is 77.7 Å². The molecule has 0 bridgehead atoms. The van der Waals surface area contributed by atoms with E-state index in [9.17, 15) is 18.0 Å². The third kappa shape index (κ3) is 5.30. The lowest BCUT2D eigenvalue weighted by Gasteiger charge is -2.24. The van der Waals surface area contributed by atoms with E-state index in [2.05, 4.69) is 4.72 Å². The summed E-state index contributed by atoms with van der Waals surface area (Å²) in [5.74, 6) is -2.36. The van der Waals surface area contributed by atoms with Gasteiger partial charge in [0.2, 0.25) is 11.8 Å². The van der Waals surface area contributed by atoms with Gasteiger partial charge in [0.15, 0.2) is 0 Å². The van der Waals surface area contributed by atoms with E-state index < -0.39 is 21.8 Å². The molecule has 1 N–H and O–H groups in total. The molecule has 0 aromatic heterocycles. The number of nitrogens with zero attached hydrogens (tertiary/aromatic N) is 1. The number of benzene rings is 3. The number of carbonyl (C=O) groups is 2. The largest absolute Gasteiger partial charge is 0.343 e. The van der Waals surface area contributed by atoms with Crippen LogP contribution in [0.1, 0.15) is 19.4 Å². The van der Waals surface area contributed by atoms with Gasteiger partial charge in [0.05, 0.1) is 4.90 Å². The Hall–Kier alpha value is -3.19. The molecule has 6 nitrogen and oxygen atoms in total. The summed E-state index contributed by atoms with van der Waals surface area (Å²) >= 11 is 0. The Balaban J connectivity index is 1.89. The molecular weight excluding hydrogens is 412 g/mol. The van der Waals surface area contributed by atoms with Crippen LogP contribution < -0.4 is 4.72 Å². The second kappa shape index (κ2) is 9.75. The number of hydrogen-bond acceptors (Lipinski definition) is 4. The van der Waals surface area contributed by atoms with Crippen molar-refractivity contribution in [3.8, 4) is 0 Å². The molecule has 7 heteroatoms. The predicted octanol–water partition coefficient (Wildman–Crippen LogP) is 3.37. The number of fused-ring (bicyclic) bond motifs is 1. The average molecular weight is 439 g/mol. The lowest BCUT2D eigenvalue weighted by molar-refractivity contribution is -0.141. The Morgan fingerprint density at radius 3 is 2.13 bits per heavy atom. The SMILES string of the molecule is CCN(CC)C(=O)C(Cc1ccccc1)C(=O)NS(=O)(=O)c1ccc2ccccc2c1. The zero-order chi connectivity index (χ0) is 22.4. The molecule has 0 saturated heterocycles. The van der Waals surface area contributed by atoms with Crippen molar-refractivity contribution in [2.24, 2.45) is 5.92 Å². The summed E-state index contributed by atoms with van der Waals surface area (Å²) in [5.41, 5.74) is 0.784. The van der Waals surface area contributed by atoms with E-state index in [0.29, 0.717) is 13.1 Å². The molecule has 0 aliphatic rings. The molecule has 3 aromatic carbocycles. The van der Waals surface area contributed by atoms with Gasteiger partial charge in [-0.3, -0.25) is 9.59 Å². The summed E-state index contributed by atoms with van der Waals surface area (Å²) in [6.07, 6.45) is 0.120. The minimum absolute atomic E-state index is 0.0201. The van der Waals surface area contributed by atoms with Crippen LogP contribution in [0.2, 0.25) is 0 Å². The highest BCUT2D eigenvalue weighted by Gasteiger charge is 2.32. The van der Waals surface area contributed by atoms with Crippen LogP contribution in [0, 0.1) is 5.92 Å². The number of rotatable bonds is 8. The zero-order valence-electron chi connectivity index (χ0n) is 17.6. The minimum Gasteiger partial charge on any atom is -0.343 e. The van der Waals surface area contributed by atoms with Crippen molar-refractivity contribution in [3.63, 3.8) is 0 Å². The van der Waals surface area contributed by atoms with Gasteiger partial charge in [-0.2, -0.15) is 0 Å². The first-order valence-electron chi connectivity index (χ1n) is 10.2. The lowest BCUT2D eigenvalue weighted by atomic mass is 9.97. The second-order valence-electron chi connectivity index (χ2n) is 7.23. The van der Waals surface area contributed by atoms with Crippen LogP contribution in [0.5, 0.6) is 0 Å². The fraction of sp³-hybridized carbons (Fsp3) is 0.250. The molecule has 1 unspecified atom stereocenters. The fourth-order valence-corrected chi connectivity index (χ4v) is 4.55. The Bertz CT molecular complexity index is 1170. The zero-order valence-corrected chi connectivity index (χ0v) is 18.4. The normalized spacial score (nSPS) is 12.3. The molecule has 0 aliphatic carbocycles. The molecule has 0 heterocycles. The van der Waals surface area contributed by atoms with Crippen molar-refractivity contribution in [1.29, 1.82) is 0 Å². The third-order valence-electron chi connectivity index (χ3n) is 5.24. The maximum atomic E-state index is 13.0. The molecule has 3 rings (SSSR count). The highest BCUT2D eigenvalue weighted by Crippen LogP contribution is 2.20. The summed E-state index contributed by atoms with van der Waals surface area (Å²) in [6, 6.07) is 21.1. The Morgan fingerprint density at radius 2 is 1.48 bits per heavy atom. The number of sulfonamides is 1. The van der Waals surface area contributed by atoms with Gasteiger partial charge in [-0.25, -0.2) is 13.1 Å². The van der Waals surface area contributed by atoms with Crippen LogP contribution in [0.25, 0.3) is 10.8 Å². The minimum atomic E-state index is -4.13. The first-order chi connectivity index (χ1) is 14.9. The van der Waals surface area contributed by atoms with Crippen molar-refractivity contribution in [1.82, 2.24) is 9.62 Å². The first-order valence-corrected chi connectivity index (χ1v) is 11.7. The number of amides is 2. The topological polar surface area (TPSA) is 83.6 Å². The number of hydrogen-bond donors (Lipinski definition) is 1. The van der Waals surface area contributed by atoms with Crippen LogP contribution in [0.4, 0.5) is 0 Å².